The molecule has 3 unspecified atom stereocenters. The lowest BCUT2D eigenvalue weighted by Crippen LogP contribution is -2.57. The molecule has 3 saturated heterocycles. The molecule has 6 aliphatic rings. The minimum Gasteiger partial charge on any atom is -0.507 e. The van der Waals surface area contributed by atoms with Crippen molar-refractivity contribution >= 4 is 111 Å². The predicted octanol–water partition coefficient (Wildman–Crippen LogP) is 14.6. The van der Waals surface area contributed by atoms with E-state index >= 15 is 22.0 Å². The molecule has 3 amide bonds. The van der Waals surface area contributed by atoms with E-state index in [2.05, 4.69) is 49.6 Å². The summed E-state index contributed by atoms with van der Waals surface area (Å²) in [5, 5.41) is 32.4. The predicted molar refractivity (Wildman–Crippen MR) is 483 cm³/mol. The molecule has 18 rings (SSSR count). The molecule has 0 bridgehead atoms. The fraction of sp³-hybridized carbons (Fsp3) is 0.283. The molecule has 3 N–H and O–H groups in total. The number of halogens is 6. The number of aryl methyl sites for hydroxylation is 3. The second-order valence-corrected chi connectivity index (χ2v) is 37.3. The summed E-state index contributed by atoms with van der Waals surface area (Å²) in [4.78, 5) is 116. The Kier molecular flexibility index (Phi) is 23.9. The number of aromatic nitrogens is 9. The highest BCUT2D eigenvalue weighted by Gasteiger charge is 2.45. The number of fused-ring (bicyclic) bond motifs is 6. The van der Waals surface area contributed by atoms with Crippen LogP contribution in [-0.2, 0) is 24.2 Å². The second kappa shape index (κ2) is 34.6. The normalized spacial score (nSPS) is 16.8. The number of nitrogens with zero attached hydrogens (tertiary/aromatic N) is 15. The van der Waals surface area contributed by atoms with E-state index in [4.69, 9.17) is 16.3 Å². The van der Waals surface area contributed by atoms with E-state index in [1.165, 1.54) is 90.1 Å². The van der Waals surface area contributed by atoms with Crippen LogP contribution in [0.3, 0.4) is 0 Å². The number of sulfone groups is 1. The number of hydrogen-bond acceptors (Lipinski definition) is 23. The number of aromatic hydroxyl groups is 3. The van der Waals surface area contributed by atoms with E-state index < -0.39 is 101 Å². The number of pyridine rings is 3. The quantitative estimate of drug-likeness (QED) is 0.0581. The van der Waals surface area contributed by atoms with Crippen LogP contribution in [0.25, 0.3) is 83.2 Å². The molecular weight excluding hydrogens is 1730 g/mol. The number of phenols is 3. The minimum absolute atomic E-state index is 0.0323. The van der Waals surface area contributed by atoms with Gasteiger partial charge >= 0.3 is 17.1 Å². The SMILES string of the molecule is C=CC(=O)N1CCN2c3nc(=O)n(-c4c(C)ccnc4C(C)C)c4cc(-c5c(O)cccc5F)c(Cl)c(c34)OCC2C1.C=CC(=O)N1CCN2c3nc(=O)n(-c4c(C)ccnc4C(C)C)c4cc(-c5c(O)cccc5F)c(F)c(c34)S(=O)(=O)CC2C1.C=CC(=O)N1CCN2c3nc(=O)n(-c4c(C)ccnc4C(C)C)c4cc(-c5c(O)cccc5F)c(F)c(c34)SSC2C1. The Hall–Kier alpha value is -13.0. The molecule has 0 saturated carbocycles. The van der Waals surface area contributed by atoms with Crippen molar-refractivity contribution in [1.82, 2.24) is 58.3 Å². The van der Waals surface area contributed by atoms with Gasteiger partial charge in [-0.1, -0.05) is 113 Å². The van der Waals surface area contributed by atoms with Gasteiger partial charge in [-0.2, -0.15) is 15.0 Å². The lowest BCUT2D eigenvalue weighted by molar-refractivity contribution is -0.127. The molecular formula is C92H85ClF5N15O12S3. The molecule has 27 nitrogen and oxygen atoms in total. The van der Waals surface area contributed by atoms with Crippen LogP contribution in [0.15, 0.2) is 172 Å². The first-order chi connectivity index (χ1) is 61.1. The van der Waals surface area contributed by atoms with Crippen LogP contribution in [0, 0.1) is 49.9 Å². The van der Waals surface area contributed by atoms with Crippen LogP contribution >= 0.6 is 33.2 Å². The first kappa shape index (κ1) is 88.4. The summed E-state index contributed by atoms with van der Waals surface area (Å²) in [6.07, 6.45) is 8.61. The van der Waals surface area contributed by atoms with Crippen molar-refractivity contribution in [3.05, 3.63) is 247 Å². The van der Waals surface area contributed by atoms with Crippen LogP contribution in [0.1, 0.15) is 93.1 Å². The average molecular weight is 1820 g/mol. The average Bonchev–Trinajstić information content (AvgIpc) is 1.26. The molecule has 6 aromatic heterocycles. The number of carbonyl (C=O) groups excluding carboxylic acids is 3. The summed E-state index contributed by atoms with van der Waals surface area (Å²) in [6.45, 7) is 30.4. The van der Waals surface area contributed by atoms with E-state index in [9.17, 15) is 52.5 Å². The summed E-state index contributed by atoms with van der Waals surface area (Å²) < 4.78 is 118. The van der Waals surface area contributed by atoms with Crippen LogP contribution in [-0.4, -0.2) is 188 Å². The van der Waals surface area contributed by atoms with Gasteiger partial charge in [0, 0.05) is 87.6 Å². The number of phenolic OH excluding ortho intramolecular Hbond substituents is 3. The van der Waals surface area contributed by atoms with Gasteiger partial charge in [0.25, 0.3) is 0 Å². The van der Waals surface area contributed by atoms with Crippen LogP contribution < -0.4 is 36.5 Å². The summed E-state index contributed by atoms with van der Waals surface area (Å²) in [5.41, 5.74) is 2.66. The number of piperazine rings is 3. The van der Waals surface area contributed by atoms with Gasteiger partial charge in [-0.15, -0.1) is 0 Å². The minimum atomic E-state index is -4.50. The van der Waals surface area contributed by atoms with Crippen LogP contribution in [0.4, 0.5) is 39.4 Å². The van der Waals surface area contributed by atoms with Crippen molar-refractivity contribution in [3.63, 3.8) is 0 Å². The molecule has 6 aromatic carbocycles. The summed E-state index contributed by atoms with van der Waals surface area (Å²) in [5.74, 6) is -6.69. The Morgan fingerprint density at radius 1 is 0.508 bits per heavy atom. The molecule has 0 radical (unpaired) electrons. The Labute approximate surface area is 743 Å². The molecule has 660 valence electrons. The van der Waals surface area contributed by atoms with Crippen molar-refractivity contribution < 1.29 is 64.8 Å². The molecule has 12 heterocycles. The number of carbonyl (C=O) groups is 3. The molecule has 6 aliphatic heterocycles. The number of amides is 3. The second-order valence-electron chi connectivity index (χ2n) is 32.6. The standard InChI is InChI=1S/C31H29ClFN5O4.C31H29F2N5O5S.C30H27F2N5O3S2/c1-5-23(40)36-11-12-37-18(14-36)15-42-29-25-21(13-19(26(29)32)24-20(33)7-6-8-22(24)39)38(31(41)35-30(25)37)28-17(4)9-10-34-27(28)16(2)3;1-5-23(40)36-11-12-37-18(14-36)15-44(42,43)29-25-21(13-19(26(29)33)24-20(32)7-6-8-22(24)39)38(31(41)35-30(25)37)28-17(4)9-10-34-27(28)16(2)3;1-5-21(39)35-11-12-36-22(14-35)41-42-28-24-19(13-17(25(28)32)23-18(31)7-6-8-20(23)38)37(30(40)34-29(24)36)27-16(4)9-10-33-26(27)15(2)3/h5-10,13,16,18,39H,1,11-12,14-15H2,2-4H3;5-10,13,16,18,39H,1,11-12,14-15H2,2-4H3;5-10,13,15,22,38H,1,11-12,14H2,2-4H3. The summed E-state index contributed by atoms with van der Waals surface area (Å²) >= 11 is 6.97. The fourth-order valence-corrected chi connectivity index (χ4v) is 22.6. The Balaban J connectivity index is 0.000000141. The maximum Gasteiger partial charge on any atom is 0.354 e. The highest BCUT2D eigenvalue weighted by molar-refractivity contribution is 8.77. The first-order valence-electron chi connectivity index (χ1n) is 41.0. The molecule has 3 atom stereocenters. The van der Waals surface area contributed by atoms with E-state index in [0.717, 1.165) is 46.2 Å². The Morgan fingerprint density at radius 2 is 0.883 bits per heavy atom. The highest BCUT2D eigenvalue weighted by Crippen LogP contribution is 2.54. The van der Waals surface area contributed by atoms with Crippen molar-refractivity contribution in [2.45, 2.75) is 107 Å². The van der Waals surface area contributed by atoms with Gasteiger partial charge in [-0.25, -0.2) is 44.8 Å². The highest BCUT2D eigenvalue weighted by atomic mass is 35.5. The number of ether oxygens (including phenoxy) is 1. The van der Waals surface area contributed by atoms with Crippen molar-refractivity contribution in [2.24, 2.45) is 0 Å². The smallest absolute Gasteiger partial charge is 0.354 e. The topological polar surface area (TPSA) is 318 Å². The third-order valence-electron chi connectivity index (χ3n) is 23.7. The van der Waals surface area contributed by atoms with Crippen molar-refractivity contribution in [2.75, 3.05) is 86.0 Å². The third-order valence-corrected chi connectivity index (χ3v) is 28.6. The first-order valence-corrected chi connectivity index (χ1v) is 45.3. The Morgan fingerprint density at radius 3 is 1.32 bits per heavy atom. The van der Waals surface area contributed by atoms with Gasteiger partial charge in [0.1, 0.15) is 74.8 Å². The van der Waals surface area contributed by atoms with Gasteiger partial charge < -0.3 is 49.5 Å². The van der Waals surface area contributed by atoms with Gasteiger partial charge in [-0.3, -0.25) is 43.0 Å². The lowest BCUT2D eigenvalue weighted by Gasteiger charge is -2.41. The summed E-state index contributed by atoms with van der Waals surface area (Å²) in [7, 11) is -2.03. The number of hydrogen-bond donors (Lipinski definition) is 3. The van der Waals surface area contributed by atoms with E-state index in [1.54, 1.807) is 58.4 Å². The van der Waals surface area contributed by atoms with Gasteiger partial charge in [-0.05, 0) is 146 Å². The zero-order chi connectivity index (χ0) is 91.4. The number of benzene rings is 6. The third kappa shape index (κ3) is 15.2. The lowest BCUT2D eigenvalue weighted by atomic mass is 9.99. The van der Waals surface area contributed by atoms with Crippen molar-refractivity contribution in [3.8, 4) is 73.4 Å². The molecule has 128 heavy (non-hydrogen) atoms. The fourth-order valence-electron chi connectivity index (χ4n) is 17.7. The van der Waals surface area contributed by atoms with E-state index in [-0.39, 0.29) is 128 Å². The van der Waals surface area contributed by atoms with Crippen LogP contribution in [0.5, 0.6) is 23.0 Å². The van der Waals surface area contributed by atoms with Crippen molar-refractivity contribution in [1.29, 1.82) is 0 Å². The largest absolute Gasteiger partial charge is 0.507 e. The number of rotatable bonds is 12. The number of anilines is 3. The zero-order valence-electron chi connectivity index (χ0n) is 70.7. The van der Waals surface area contributed by atoms with Gasteiger partial charge in [0.05, 0.1) is 118 Å². The van der Waals surface area contributed by atoms with E-state index in [1.807, 2.05) is 71.3 Å². The molecule has 12 aromatic rings. The Bertz CT molecular complexity index is 6730. The van der Waals surface area contributed by atoms with Gasteiger partial charge in [0.15, 0.2) is 21.4 Å². The molecule has 3 fully saturated rings. The summed E-state index contributed by atoms with van der Waals surface area (Å²) in [6, 6.07) is 19.5. The maximum absolute atomic E-state index is 16.7. The monoisotopic (exact) mass is 1820 g/mol. The molecule has 0 aliphatic carbocycles. The molecule has 36 heteroatoms. The van der Waals surface area contributed by atoms with Gasteiger partial charge in [0.2, 0.25) is 17.7 Å². The molecule has 0 spiro atoms. The van der Waals surface area contributed by atoms with E-state index in [0.29, 0.717) is 112 Å². The zero-order valence-corrected chi connectivity index (χ0v) is 73.9. The van der Waals surface area contributed by atoms with Crippen LogP contribution in [0.2, 0.25) is 5.02 Å². The maximum atomic E-state index is 16.7.